The molecule has 0 atom stereocenters. The van der Waals surface area contributed by atoms with Crippen LogP contribution in [0.25, 0.3) is 0 Å². The lowest BCUT2D eigenvalue weighted by Gasteiger charge is -2.04. The first-order valence-electron chi connectivity index (χ1n) is 4.43. The molecule has 0 radical (unpaired) electrons. The van der Waals surface area contributed by atoms with Crippen molar-refractivity contribution in [2.24, 2.45) is 0 Å². The van der Waals surface area contributed by atoms with Gasteiger partial charge in [-0.05, 0) is 30.5 Å². The van der Waals surface area contributed by atoms with Crippen LogP contribution in [0.2, 0.25) is 0 Å². The molecule has 0 heterocycles. The number of carbonyl (C=O) groups excluding carboxylic acids is 1. The highest BCUT2D eigenvalue weighted by atomic mass is 16.3. The molecule has 0 fully saturated rings. The third-order valence-corrected chi connectivity index (χ3v) is 1.98. The van der Waals surface area contributed by atoms with Gasteiger partial charge in [0.15, 0.2) is 0 Å². The molecule has 0 aromatic heterocycles. The summed E-state index contributed by atoms with van der Waals surface area (Å²) in [7, 11) is 0. The molecule has 0 aliphatic rings. The molecule has 0 saturated carbocycles. The van der Waals surface area contributed by atoms with Gasteiger partial charge in [0.2, 0.25) is 0 Å². The summed E-state index contributed by atoms with van der Waals surface area (Å²) >= 11 is 0. The van der Waals surface area contributed by atoms with E-state index in [2.05, 4.69) is 0 Å². The number of hydrogen-bond acceptors (Lipinski definition) is 2. The minimum atomic E-state index is 0.146. The number of rotatable bonds is 3. The van der Waals surface area contributed by atoms with E-state index in [1.54, 1.807) is 19.1 Å². The summed E-state index contributed by atoms with van der Waals surface area (Å²) in [5.41, 5.74) is 1.88. The Labute approximate surface area is 78.2 Å². The van der Waals surface area contributed by atoms with E-state index < -0.39 is 0 Å². The van der Waals surface area contributed by atoms with Crippen LogP contribution < -0.4 is 0 Å². The first-order valence-corrected chi connectivity index (χ1v) is 4.43. The molecule has 1 N–H and O–H groups in total. The molecule has 1 rings (SSSR count). The Morgan fingerprint density at radius 1 is 1.46 bits per heavy atom. The summed E-state index contributed by atoms with van der Waals surface area (Å²) in [6.07, 6.45) is 1.24. The molecule has 2 heteroatoms. The van der Waals surface area contributed by atoms with Gasteiger partial charge in [-0.15, -0.1) is 0 Å². The van der Waals surface area contributed by atoms with Gasteiger partial charge in [-0.3, -0.25) is 4.79 Å². The monoisotopic (exact) mass is 178 g/mol. The second-order valence-electron chi connectivity index (χ2n) is 3.20. The highest BCUT2D eigenvalue weighted by molar-refractivity contribution is 5.78. The maximum Gasteiger partial charge on any atom is 0.134 e. The molecule has 0 aliphatic heterocycles. The van der Waals surface area contributed by atoms with Crippen LogP contribution in [0.15, 0.2) is 18.2 Å². The van der Waals surface area contributed by atoms with Gasteiger partial charge in [-0.1, -0.05) is 19.1 Å². The summed E-state index contributed by atoms with van der Waals surface area (Å²) in [6.45, 7) is 3.55. The Bertz CT molecular complexity index is 316. The van der Waals surface area contributed by atoms with Crippen LogP contribution in [0.3, 0.4) is 0 Å². The van der Waals surface area contributed by atoms with Crippen LogP contribution in [0.4, 0.5) is 0 Å². The molecule has 0 aliphatic carbocycles. The molecule has 1 aromatic rings. The number of phenolic OH excluding ortho intramolecular Hbond substituents is 1. The number of aryl methyl sites for hydroxylation is 1. The molecule has 0 bridgehead atoms. The molecule has 1 aromatic carbocycles. The van der Waals surface area contributed by atoms with E-state index in [1.807, 2.05) is 13.0 Å². The largest absolute Gasteiger partial charge is 0.508 e. The number of benzene rings is 1. The average molecular weight is 178 g/mol. The van der Waals surface area contributed by atoms with Crippen molar-refractivity contribution in [1.29, 1.82) is 0 Å². The van der Waals surface area contributed by atoms with E-state index in [9.17, 15) is 9.90 Å². The lowest BCUT2D eigenvalue weighted by molar-refractivity contribution is -0.116. The smallest absolute Gasteiger partial charge is 0.134 e. The quantitative estimate of drug-likeness (QED) is 0.769. The molecular weight excluding hydrogens is 164 g/mol. The first-order chi connectivity index (χ1) is 6.13. The number of phenols is 1. The van der Waals surface area contributed by atoms with Crippen LogP contribution >= 0.6 is 0 Å². The van der Waals surface area contributed by atoms with Gasteiger partial charge < -0.3 is 5.11 Å². The second kappa shape index (κ2) is 4.08. The van der Waals surface area contributed by atoms with Gasteiger partial charge in [-0.25, -0.2) is 0 Å². The third-order valence-electron chi connectivity index (χ3n) is 1.98. The fraction of sp³-hybridized carbons (Fsp3) is 0.364. The van der Waals surface area contributed by atoms with Crippen LogP contribution in [-0.2, 0) is 17.6 Å². The van der Waals surface area contributed by atoms with E-state index in [-0.39, 0.29) is 5.78 Å². The second-order valence-corrected chi connectivity index (χ2v) is 3.20. The van der Waals surface area contributed by atoms with Crippen LogP contribution in [0, 0.1) is 0 Å². The lowest BCUT2D eigenvalue weighted by Crippen LogP contribution is -1.96. The average Bonchev–Trinajstić information content (AvgIpc) is 2.07. The Morgan fingerprint density at radius 3 is 2.69 bits per heavy atom. The maximum absolute atomic E-state index is 10.8. The van der Waals surface area contributed by atoms with Crippen molar-refractivity contribution >= 4 is 5.78 Å². The summed E-state index contributed by atoms with van der Waals surface area (Å²) in [6, 6.07) is 5.32. The van der Waals surface area contributed by atoms with E-state index >= 15 is 0 Å². The zero-order chi connectivity index (χ0) is 9.84. The highest BCUT2D eigenvalue weighted by Gasteiger charge is 2.02. The molecule has 0 unspecified atom stereocenters. The lowest BCUT2D eigenvalue weighted by atomic mass is 10.0. The van der Waals surface area contributed by atoms with Crippen molar-refractivity contribution in [2.75, 3.05) is 0 Å². The number of carbonyl (C=O) groups is 1. The van der Waals surface area contributed by atoms with Crippen LogP contribution in [0.5, 0.6) is 5.75 Å². The molecule has 0 amide bonds. The van der Waals surface area contributed by atoms with Crippen LogP contribution in [0.1, 0.15) is 25.0 Å². The first kappa shape index (κ1) is 9.78. The molecule has 0 saturated heterocycles. The van der Waals surface area contributed by atoms with E-state index in [0.29, 0.717) is 12.2 Å². The van der Waals surface area contributed by atoms with Crippen molar-refractivity contribution in [3.63, 3.8) is 0 Å². The highest BCUT2D eigenvalue weighted by Crippen LogP contribution is 2.19. The van der Waals surface area contributed by atoms with E-state index in [0.717, 1.165) is 17.5 Å². The summed E-state index contributed by atoms with van der Waals surface area (Å²) < 4.78 is 0. The number of ketones is 1. The van der Waals surface area contributed by atoms with Gasteiger partial charge in [0.25, 0.3) is 0 Å². The number of hydrogen-bond donors (Lipinski definition) is 1. The normalized spacial score (nSPS) is 10.0. The zero-order valence-corrected chi connectivity index (χ0v) is 8.00. The van der Waals surface area contributed by atoms with Gasteiger partial charge >= 0.3 is 0 Å². The Morgan fingerprint density at radius 2 is 2.15 bits per heavy atom. The SMILES string of the molecule is CCc1cc(CC(C)=O)ccc1O. The summed E-state index contributed by atoms with van der Waals surface area (Å²) in [4.78, 5) is 10.8. The predicted octanol–water partition coefficient (Wildman–Crippen LogP) is 2.09. The van der Waals surface area contributed by atoms with Crippen molar-refractivity contribution in [2.45, 2.75) is 26.7 Å². The van der Waals surface area contributed by atoms with Crippen molar-refractivity contribution in [3.05, 3.63) is 29.3 Å². The van der Waals surface area contributed by atoms with Crippen molar-refractivity contribution in [3.8, 4) is 5.75 Å². The van der Waals surface area contributed by atoms with E-state index in [4.69, 9.17) is 0 Å². The summed E-state index contributed by atoms with van der Waals surface area (Å²) in [5.74, 6) is 0.461. The summed E-state index contributed by atoms with van der Waals surface area (Å²) in [5, 5.41) is 9.38. The number of Topliss-reactive ketones (excluding diaryl/α,β-unsaturated/α-hetero) is 1. The molecule has 13 heavy (non-hydrogen) atoms. The molecule has 0 spiro atoms. The topological polar surface area (TPSA) is 37.3 Å². The number of aromatic hydroxyl groups is 1. The van der Waals surface area contributed by atoms with Gasteiger partial charge in [0.1, 0.15) is 11.5 Å². The predicted molar refractivity (Wildman–Crippen MR) is 51.9 cm³/mol. The fourth-order valence-electron chi connectivity index (χ4n) is 1.32. The third kappa shape index (κ3) is 2.58. The fourth-order valence-corrected chi connectivity index (χ4v) is 1.32. The van der Waals surface area contributed by atoms with Crippen molar-refractivity contribution in [1.82, 2.24) is 0 Å². The Balaban J connectivity index is 2.92. The minimum absolute atomic E-state index is 0.146. The van der Waals surface area contributed by atoms with Gasteiger partial charge in [-0.2, -0.15) is 0 Å². The maximum atomic E-state index is 10.8. The Kier molecular flexibility index (Phi) is 3.07. The standard InChI is InChI=1S/C11H14O2/c1-3-10-7-9(6-8(2)12)4-5-11(10)13/h4-5,7,13H,3,6H2,1-2H3. The molecule has 70 valence electrons. The minimum Gasteiger partial charge on any atom is -0.508 e. The zero-order valence-electron chi connectivity index (χ0n) is 8.00. The van der Waals surface area contributed by atoms with Crippen molar-refractivity contribution < 1.29 is 9.90 Å². The molecular formula is C11H14O2. The van der Waals surface area contributed by atoms with Gasteiger partial charge in [0.05, 0.1) is 0 Å². The Hall–Kier alpha value is -1.31. The van der Waals surface area contributed by atoms with E-state index in [1.165, 1.54) is 0 Å². The van der Waals surface area contributed by atoms with Gasteiger partial charge in [0, 0.05) is 6.42 Å². The molecule has 2 nitrogen and oxygen atoms in total. The van der Waals surface area contributed by atoms with Crippen LogP contribution in [-0.4, -0.2) is 10.9 Å².